The number of rotatable bonds is 4. The van der Waals surface area contributed by atoms with Gasteiger partial charge in [0.1, 0.15) is 11.5 Å². The van der Waals surface area contributed by atoms with Crippen LogP contribution in [0.4, 0.5) is 17.1 Å². The van der Waals surface area contributed by atoms with Crippen LogP contribution in [0.1, 0.15) is 17.9 Å². The number of nitrogens with zero attached hydrogens (tertiary/aromatic N) is 1. The van der Waals surface area contributed by atoms with Crippen LogP contribution in [0.2, 0.25) is 0 Å². The quantitative estimate of drug-likeness (QED) is 0.183. The van der Waals surface area contributed by atoms with Gasteiger partial charge in [-0.25, -0.2) is 0 Å². The second-order valence-electron chi connectivity index (χ2n) is 12.8. The Morgan fingerprint density at radius 1 is 0.521 bits per heavy atom. The van der Waals surface area contributed by atoms with Crippen molar-refractivity contribution in [3.05, 3.63) is 181 Å². The van der Waals surface area contributed by atoms with E-state index in [4.69, 9.17) is 4.74 Å². The summed E-state index contributed by atoms with van der Waals surface area (Å²) in [6.45, 7) is 0. The number of benzene rings is 8. The minimum atomic E-state index is 0.246. The van der Waals surface area contributed by atoms with Crippen LogP contribution < -0.4 is 9.64 Å². The summed E-state index contributed by atoms with van der Waals surface area (Å²) in [6.07, 6.45) is 7.45. The summed E-state index contributed by atoms with van der Waals surface area (Å²) in [5.41, 5.74) is 7.00. The second kappa shape index (κ2) is 10.7. The molecule has 1 atom stereocenters. The minimum absolute atomic E-state index is 0.246. The largest absolute Gasteiger partial charge is 0.461 e. The third-order valence-electron chi connectivity index (χ3n) is 10.2. The molecule has 2 nitrogen and oxygen atoms in total. The van der Waals surface area contributed by atoms with E-state index in [-0.39, 0.29) is 5.92 Å². The van der Waals surface area contributed by atoms with Crippen molar-refractivity contribution in [2.75, 3.05) is 4.90 Å². The van der Waals surface area contributed by atoms with Crippen molar-refractivity contribution < 1.29 is 4.74 Å². The van der Waals surface area contributed by atoms with E-state index in [1.165, 1.54) is 59.8 Å². The monoisotopic (exact) mass is 613 g/mol. The van der Waals surface area contributed by atoms with Crippen molar-refractivity contribution >= 4 is 60.2 Å². The Balaban J connectivity index is 1.29. The molecule has 1 unspecified atom stereocenters. The summed E-state index contributed by atoms with van der Waals surface area (Å²) in [6, 6.07) is 55.2. The first kappa shape index (κ1) is 27.0. The molecule has 0 amide bonds. The number of hydrogen-bond acceptors (Lipinski definition) is 2. The number of fused-ring (bicyclic) bond motifs is 10. The van der Waals surface area contributed by atoms with Gasteiger partial charge in [0.05, 0.1) is 11.4 Å². The molecule has 0 spiro atoms. The Bertz CT molecular complexity index is 2630. The molecule has 1 aliphatic carbocycles. The maximum Gasteiger partial charge on any atom is 0.133 e. The first-order chi connectivity index (χ1) is 23.8. The van der Waals surface area contributed by atoms with Gasteiger partial charge in [-0.3, -0.25) is 0 Å². The lowest BCUT2D eigenvalue weighted by atomic mass is 9.88. The fourth-order valence-corrected chi connectivity index (χ4v) is 7.99. The average molecular weight is 614 g/mol. The Morgan fingerprint density at radius 3 is 2.15 bits per heavy atom. The molecule has 8 aromatic carbocycles. The van der Waals surface area contributed by atoms with Crippen molar-refractivity contribution in [3.63, 3.8) is 0 Å². The van der Waals surface area contributed by atoms with Gasteiger partial charge in [-0.2, -0.15) is 0 Å². The third kappa shape index (κ3) is 4.13. The van der Waals surface area contributed by atoms with Gasteiger partial charge >= 0.3 is 0 Å². The summed E-state index contributed by atoms with van der Waals surface area (Å²) >= 11 is 0. The van der Waals surface area contributed by atoms with Crippen LogP contribution in [0.3, 0.4) is 0 Å². The molecular formula is C46H31NO. The van der Waals surface area contributed by atoms with Crippen LogP contribution in [0.15, 0.2) is 176 Å². The van der Waals surface area contributed by atoms with E-state index in [0.29, 0.717) is 0 Å². The Kier molecular flexibility index (Phi) is 6.04. The van der Waals surface area contributed by atoms with Crippen LogP contribution in [0.25, 0.3) is 54.2 Å². The maximum absolute atomic E-state index is 6.65. The zero-order valence-electron chi connectivity index (χ0n) is 26.3. The van der Waals surface area contributed by atoms with E-state index in [9.17, 15) is 0 Å². The first-order valence-electron chi connectivity index (χ1n) is 16.7. The highest BCUT2D eigenvalue weighted by molar-refractivity contribution is 6.22. The number of ether oxygens (including phenoxy) is 1. The number of anilines is 3. The molecule has 8 aromatic rings. The van der Waals surface area contributed by atoms with E-state index in [0.717, 1.165) is 35.0 Å². The summed E-state index contributed by atoms with van der Waals surface area (Å²) in [5.74, 6) is 2.23. The van der Waals surface area contributed by atoms with Crippen molar-refractivity contribution in [2.24, 2.45) is 0 Å². The smallest absolute Gasteiger partial charge is 0.133 e. The molecule has 10 rings (SSSR count). The van der Waals surface area contributed by atoms with Crippen LogP contribution in [-0.4, -0.2) is 0 Å². The molecule has 48 heavy (non-hydrogen) atoms. The molecular weight excluding hydrogens is 583 g/mol. The molecule has 2 heteroatoms. The lowest BCUT2D eigenvalue weighted by molar-refractivity contribution is 0.425. The lowest BCUT2D eigenvalue weighted by Gasteiger charge is -2.29. The molecule has 2 aliphatic rings. The Morgan fingerprint density at radius 2 is 1.23 bits per heavy atom. The molecule has 0 aromatic heterocycles. The molecule has 0 radical (unpaired) electrons. The standard InChI is InChI=1S/C46H31NO/c1-2-12-30(13-3-1)33-15-10-16-34(28-33)47(42-29-44-46(39-19-7-6-18-36(39)42)40-20-8-9-23-43(40)48-44)41-22-11-21-38-37(41)27-26-32-25-24-31-14-4-5-17-35(31)45(32)38/h1-19,21-29,40H,20H2. The molecule has 0 fully saturated rings. The van der Waals surface area contributed by atoms with Crippen molar-refractivity contribution in [1.29, 1.82) is 0 Å². The molecule has 0 saturated heterocycles. The molecule has 1 heterocycles. The van der Waals surface area contributed by atoms with Gasteiger partial charge in [-0.05, 0) is 74.1 Å². The topological polar surface area (TPSA) is 12.5 Å². The van der Waals surface area contributed by atoms with E-state index < -0.39 is 0 Å². The van der Waals surface area contributed by atoms with Gasteiger partial charge in [0, 0.05) is 34.0 Å². The molecule has 1 aliphatic heterocycles. The normalized spacial score (nSPS) is 15.0. The van der Waals surface area contributed by atoms with Gasteiger partial charge in [0.2, 0.25) is 0 Å². The fraction of sp³-hybridized carbons (Fsp3) is 0.0435. The van der Waals surface area contributed by atoms with Crippen molar-refractivity contribution in [2.45, 2.75) is 12.3 Å². The Hall–Kier alpha value is -6.12. The fourth-order valence-electron chi connectivity index (χ4n) is 7.99. The zero-order valence-corrected chi connectivity index (χ0v) is 26.3. The lowest BCUT2D eigenvalue weighted by Crippen LogP contribution is -2.11. The van der Waals surface area contributed by atoms with Crippen LogP contribution in [-0.2, 0) is 0 Å². The molecule has 0 saturated carbocycles. The van der Waals surface area contributed by atoms with E-state index in [2.05, 4.69) is 175 Å². The molecule has 0 N–H and O–H groups in total. The second-order valence-corrected chi connectivity index (χ2v) is 12.8. The summed E-state index contributed by atoms with van der Waals surface area (Å²) in [5, 5.41) is 9.97. The highest BCUT2D eigenvalue weighted by Gasteiger charge is 2.33. The van der Waals surface area contributed by atoms with Gasteiger partial charge < -0.3 is 9.64 Å². The first-order valence-corrected chi connectivity index (χ1v) is 16.7. The van der Waals surface area contributed by atoms with Crippen LogP contribution in [0.5, 0.6) is 5.75 Å². The van der Waals surface area contributed by atoms with Crippen LogP contribution >= 0.6 is 0 Å². The zero-order chi connectivity index (χ0) is 31.6. The SMILES string of the molecule is C1=CCC2C(=C1)Oc1cc(N(c3cccc(-c4ccccc4)c3)c3cccc4c3ccc3ccc5ccccc5c34)c3ccccc3c12. The van der Waals surface area contributed by atoms with Crippen molar-refractivity contribution in [1.82, 2.24) is 0 Å². The molecule has 226 valence electrons. The van der Waals surface area contributed by atoms with E-state index in [1.54, 1.807) is 0 Å². The van der Waals surface area contributed by atoms with E-state index >= 15 is 0 Å². The summed E-state index contributed by atoms with van der Waals surface area (Å²) in [7, 11) is 0. The predicted octanol–water partition coefficient (Wildman–Crippen LogP) is 12.8. The minimum Gasteiger partial charge on any atom is -0.461 e. The summed E-state index contributed by atoms with van der Waals surface area (Å²) < 4.78 is 6.65. The van der Waals surface area contributed by atoms with Gasteiger partial charge in [0.25, 0.3) is 0 Å². The van der Waals surface area contributed by atoms with Gasteiger partial charge in [-0.1, -0.05) is 140 Å². The third-order valence-corrected chi connectivity index (χ3v) is 10.2. The van der Waals surface area contributed by atoms with Gasteiger partial charge in [0.15, 0.2) is 0 Å². The Labute approximate surface area is 279 Å². The average Bonchev–Trinajstić information content (AvgIpc) is 3.54. The highest BCUT2D eigenvalue weighted by Crippen LogP contribution is 2.53. The van der Waals surface area contributed by atoms with Gasteiger partial charge in [-0.15, -0.1) is 0 Å². The van der Waals surface area contributed by atoms with Crippen molar-refractivity contribution in [3.8, 4) is 16.9 Å². The predicted molar refractivity (Wildman–Crippen MR) is 202 cm³/mol. The molecule has 0 bridgehead atoms. The number of allylic oxidation sites excluding steroid dienone is 4. The summed E-state index contributed by atoms with van der Waals surface area (Å²) in [4.78, 5) is 2.45. The number of hydrogen-bond donors (Lipinski definition) is 0. The van der Waals surface area contributed by atoms with E-state index in [1.807, 2.05) is 0 Å². The maximum atomic E-state index is 6.65. The van der Waals surface area contributed by atoms with Crippen LogP contribution in [0, 0.1) is 0 Å². The highest BCUT2D eigenvalue weighted by atomic mass is 16.5.